The molecule has 0 radical (unpaired) electrons. The van der Waals surface area contributed by atoms with Crippen molar-refractivity contribution in [1.82, 2.24) is 19.2 Å². The lowest BCUT2D eigenvalue weighted by Crippen LogP contribution is -2.47. The largest absolute Gasteiger partial charge is 0.378 e. The third-order valence-electron chi connectivity index (χ3n) is 6.81. The zero-order chi connectivity index (χ0) is 24.0. The number of thiophene rings is 1. The minimum absolute atomic E-state index is 0.535. The van der Waals surface area contributed by atoms with Gasteiger partial charge < -0.3 is 9.64 Å². The molecule has 2 saturated heterocycles. The second-order valence-corrected chi connectivity index (χ2v) is 12.3. The molecule has 1 aromatic carbocycles. The second-order valence-electron chi connectivity index (χ2n) is 9.18. The summed E-state index contributed by atoms with van der Waals surface area (Å²) in [6.07, 6.45) is 3.22. The maximum atomic E-state index is 11.8. The van der Waals surface area contributed by atoms with Gasteiger partial charge in [-0.25, -0.2) is 18.4 Å². The highest BCUT2D eigenvalue weighted by atomic mass is 32.2. The topological polar surface area (TPSA) is 91.2 Å². The smallest absolute Gasteiger partial charge is 0.211 e. The van der Waals surface area contributed by atoms with Crippen LogP contribution < -0.4 is 4.90 Å². The Bertz CT molecular complexity index is 1390. The number of aliphatic imine (C=N–C) groups is 1. The van der Waals surface area contributed by atoms with Gasteiger partial charge >= 0.3 is 0 Å². The molecule has 3 aliphatic heterocycles. The van der Waals surface area contributed by atoms with Gasteiger partial charge in [0.05, 0.1) is 36.2 Å². The number of ether oxygens (including phenoxy) is 1. The van der Waals surface area contributed by atoms with E-state index in [0.717, 1.165) is 65.7 Å². The number of fused-ring (bicyclic) bond motifs is 2. The predicted molar refractivity (Wildman–Crippen MR) is 139 cm³/mol. The van der Waals surface area contributed by atoms with Gasteiger partial charge in [-0.1, -0.05) is 18.2 Å². The Hall–Kier alpha value is -2.44. The molecule has 0 N–H and O–H groups in total. The van der Waals surface area contributed by atoms with Gasteiger partial charge in [-0.15, -0.1) is 11.3 Å². The Kier molecular flexibility index (Phi) is 6.05. The van der Waals surface area contributed by atoms with Gasteiger partial charge in [0, 0.05) is 68.0 Å². The summed E-state index contributed by atoms with van der Waals surface area (Å²) >= 11 is 1.74. The molecular weight excluding hydrogens is 484 g/mol. The molecule has 2 aromatic heterocycles. The lowest BCUT2D eigenvalue weighted by molar-refractivity contribution is 0.122. The van der Waals surface area contributed by atoms with Crippen molar-refractivity contribution in [2.24, 2.45) is 4.99 Å². The van der Waals surface area contributed by atoms with E-state index < -0.39 is 10.0 Å². The van der Waals surface area contributed by atoms with E-state index in [2.05, 4.69) is 39.1 Å². The zero-order valence-electron chi connectivity index (χ0n) is 19.7. The number of sulfonamides is 1. The summed E-state index contributed by atoms with van der Waals surface area (Å²) < 4.78 is 32.0. The molecule has 0 bridgehead atoms. The molecule has 3 aliphatic rings. The van der Waals surface area contributed by atoms with Crippen molar-refractivity contribution in [3.63, 3.8) is 0 Å². The van der Waals surface area contributed by atoms with Crippen LogP contribution >= 0.6 is 11.3 Å². The van der Waals surface area contributed by atoms with E-state index in [4.69, 9.17) is 14.7 Å². The zero-order valence-corrected chi connectivity index (χ0v) is 21.3. The average molecular weight is 513 g/mol. The molecular formula is C24H28N6O3S2. The highest BCUT2D eigenvalue weighted by Gasteiger charge is 2.25. The molecule has 3 aromatic rings. The molecule has 2 fully saturated rings. The minimum Gasteiger partial charge on any atom is -0.378 e. The van der Waals surface area contributed by atoms with Crippen molar-refractivity contribution in [3.05, 3.63) is 40.3 Å². The molecule has 9 nitrogen and oxygen atoms in total. The molecule has 184 valence electrons. The first-order valence-corrected chi connectivity index (χ1v) is 14.5. The first-order valence-electron chi connectivity index (χ1n) is 11.9. The number of morpholine rings is 1. The number of piperazine rings is 1. The van der Waals surface area contributed by atoms with Gasteiger partial charge in [-0.2, -0.15) is 4.31 Å². The third-order valence-corrected chi connectivity index (χ3v) is 9.22. The van der Waals surface area contributed by atoms with Crippen LogP contribution in [0.5, 0.6) is 0 Å². The first kappa shape index (κ1) is 23.0. The van der Waals surface area contributed by atoms with Crippen LogP contribution in [0.3, 0.4) is 0 Å². The van der Waals surface area contributed by atoms with E-state index in [1.54, 1.807) is 15.6 Å². The van der Waals surface area contributed by atoms with Crippen molar-refractivity contribution in [2.45, 2.75) is 13.1 Å². The molecule has 0 atom stereocenters. The summed E-state index contributed by atoms with van der Waals surface area (Å²) in [5, 5.41) is 0. The SMILES string of the molecule is CS(=O)(=O)N1CCN(Cc2cc3nc(-c4cccc5c4C=NC5)nc(N4CCOCC4)c3s2)CC1. The Morgan fingerprint density at radius 3 is 2.63 bits per heavy atom. The number of rotatable bonds is 5. The Morgan fingerprint density at radius 2 is 1.86 bits per heavy atom. The van der Waals surface area contributed by atoms with Crippen molar-refractivity contribution < 1.29 is 13.2 Å². The highest BCUT2D eigenvalue weighted by Crippen LogP contribution is 2.36. The van der Waals surface area contributed by atoms with Gasteiger partial charge in [0.1, 0.15) is 0 Å². The molecule has 0 unspecified atom stereocenters. The monoisotopic (exact) mass is 512 g/mol. The van der Waals surface area contributed by atoms with Crippen LogP contribution in [0.1, 0.15) is 16.0 Å². The molecule has 6 rings (SSSR count). The van der Waals surface area contributed by atoms with Crippen molar-refractivity contribution in [3.8, 4) is 11.4 Å². The second kappa shape index (κ2) is 9.21. The van der Waals surface area contributed by atoms with E-state index in [1.807, 2.05) is 6.21 Å². The number of hydrogen-bond donors (Lipinski definition) is 0. The number of anilines is 1. The fourth-order valence-electron chi connectivity index (χ4n) is 4.93. The summed E-state index contributed by atoms with van der Waals surface area (Å²) in [6, 6.07) is 8.42. The maximum absolute atomic E-state index is 11.8. The average Bonchev–Trinajstić information content (AvgIpc) is 3.50. The van der Waals surface area contributed by atoms with Gasteiger partial charge in [-0.05, 0) is 11.6 Å². The number of aromatic nitrogens is 2. The van der Waals surface area contributed by atoms with Gasteiger partial charge in [0.25, 0.3) is 0 Å². The van der Waals surface area contributed by atoms with Crippen molar-refractivity contribution >= 4 is 43.6 Å². The fraction of sp³-hybridized carbons (Fsp3) is 0.458. The van der Waals surface area contributed by atoms with Crippen LogP contribution in [0, 0.1) is 0 Å². The number of benzene rings is 1. The van der Waals surface area contributed by atoms with Crippen LogP contribution in [0.2, 0.25) is 0 Å². The Morgan fingerprint density at radius 1 is 1.06 bits per heavy atom. The summed E-state index contributed by atoms with van der Waals surface area (Å²) in [5.74, 6) is 1.70. The molecule has 11 heteroatoms. The molecule has 35 heavy (non-hydrogen) atoms. The van der Waals surface area contributed by atoms with Crippen LogP contribution in [-0.4, -0.2) is 92.5 Å². The van der Waals surface area contributed by atoms with E-state index in [-0.39, 0.29) is 0 Å². The molecule has 0 aliphatic carbocycles. The predicted octanol–water partition coefficient (Wildman–Crippen LogP) is 2.20. The first-order chi connectivity index (χ1) is 17.0. The molecule has 0 spiro atoms. The van der Waals surface area contributed by atoms with E-state index in [1.165, 1.54) is 16.7 Å². The van der Waals surface area contributed by atoms with Crippen molar-refractivity contribution in [2.75, 3.05) is 63.6 Å². The molecule has 5 heterocycles. The van der Waals surface area contributed by atoms with E-state index in [9.17, 15) is 8.42 Å². The van der Waals surface area contributed by atoms with Crippen LogP contribution in [0.15, 0.2) is 29.3 Å². The van der Waals surface area contributed by atoms with E-state index in [0.29, 0.717) is 32.8 Å². The number of hydrogen-bond acceptors (Lipinski definition) is 9. The summed E-state index contributed by atoms with van der Waals surface area (Å²) in [6.45, 7) is 7.00. The quantitative estimate of drug-likeness (QED) is 0.518. The van der Waals surface area contributed by atoms with Crippen LogP contribution in [0.4, 0.5) is 5.82 Å². The van der Waals surface area contributed by atoms with Gasteiger partial charge in [0.15, 0.2) is 11.6 Å². The summed E-state index contributed by atoms with van der Waals surface area (Å²) in [4.78, 5) is 20.4. The van der Waals surface area contributed by atoms with Gasteiger partial charge in [-0.3, -0.25) is 9.89 Å². The lowest BCUT2D eigenvalue weighted by atomic mass is 10.0. The molecule has 0 amide bonds. The van der Waals surface area contributed by atoms with E-state index >= 15 is 0 Å². The summed E-state index contributed by atoms with van der Waals surface area (Å²) in [5.41, 5.74) is 4.29. The standard InChI is InChI=1S/C24H28N6O3S2/c1-35(31,32)30-7-5-28(6-8-30)16-18-13-21-22(34-18)24(29-9-11-33-12-10-29)27-23(26-21)19-4-2-3-17-14-25-15-20(17)19/h2-4,13,15H,5-12,14,16H2,1H3. The third kappa shape index (κ3) is 4.58. The lowest BCUT2D eigenvalue weighted by Gasteiger charge is -2.32. The molecule has 0 saturated carbocycles. The van der Waals surface area contributed by atoms with Gasteiger partial charge in [0.2, 0.25) is 10.0 Å². The summed E-state index contributed by atoms with van der Waals surface area (Å²) in [7, 11) is -3.13. The number of nitrogens with zero attached hydrogens (tertiary/aromatic N) is 6. The van der Waals surface area contributed by atoms with Crippen LogP contribution in [0.25, 0.3) is 21.6 Å². The highest BCUT2D eigenvalue weighted by molar-refractivity contribution is 7.88. The van der Waals surface area contributed by atoms with Crippen molar-refractivity contribution in [1.29, 1.82) is 0 Å². The Labute approximate surface area is 209 Å². The fourth-order valence-corrected chi connectivity index (χ4v) is 6.91. The Balaban J connectivity index is 1.35. The minimum atomic E-state index is -3.13. The maximum Gasteiger partial charge on any atom is 0.211 e. The van der Waals surface area contributed by atoms with Crippen LogP contribution in [-0.2, 0) is 27.8 Å². The normalized spacial score (nSPS) is 19.5.